The molecule has 0 N–H and O–H groups in total. The molecule has 0 spiro atoms. The standard InChI is InChI=1S/C46H56/c1-15-34(6)22-24-40-33-42(43-39(11)21-20-29-44(43,12)13)46(31-27-37(9)18-4,32-28-38(10)19-5)45(14,30-26-36(8)17-3)41(40)25-23-35(7)16-2/h1-5,22-23,26-28,42H,20-21,24-25,29-33H2,6-14H3. The van der Waals surface area contributed by atoms with Crippen molar-refractivity contribution in [2.24, 2.45) is 22.2 Å². The molecule has 0 saturated carbocycles. The topological polar surface area (TPSA) is 0 Å². The zero-order valence-electron chi connectivity index (χ0n) is 30.2. The molecule has 0 heterocycles. The molecule has 2 atom stereocenters. The molecule has 2 unspecified atom stereocenters. The van der Waals surface area contributed by atoms with E-state index in [-0.39, 0.29) is 22.2 Å². The fourth-order valence-corrected chi connectivity index (χ4v) is 8.00. The molecule has 0 aromatic rings. The molecular formula is C46H56. The summed E-state index contributed by atoms with van der Waals surface area (Å²) < 4.78 is 0. The van der Waals surface area contributed by atoms with Gasteiger partial charge in [-0.05, 0) is 149 Å². The van der Waals surface area contributed by atoms with Gasteiger partial charge in [-0.15, -0.1) is 32.1 Å². The first kappa shape index (κ1) is 38.2. The Morgan fingerprint density at radius 1 is 0.674 bits per heavy atom. The van der Waals surface area contributed by atoms with Gasteiger partial charge in [0.15, 0.2) is 0 Å². The molecule has 0 amide bonds. The van der Waals surface area contributed by atoms with Crippen molar-refractivity contribution in [2.75, 3.05) is 0 Å². The van der Waals surface area contributed by atoms with Gasteiger partial charge in [-0.2, -0.15) is 0 Å². The minimum absolute atomic E-state index is 0.0621. The minimum Gasteiger partial charge on any atom is -0.115 e. The van der Waals surface area contributed by atoms with E-state index in [1.807, 2.05) is 34.6 Å². The van der Waals surface area contributed by atoms with Crippen molar-refractivity contribution in [1.29, 1.82) is 0 Å². The van der Waals surface area contributed by atoms with Gasteiger partial charge in [-0.3, -0.25) is 0 Å². The van der Waals surface area contributed by atoms with Crippen LogP contribution >= 0.6 is 0 Å². The molecule has 0 radical (unpaired) electrons. The largest absolute Gasteiger partial charge is 0.115 e. The van der Waals surface area contributed by atoms with Gasteiger partial charge < -0.3 is 0 Å². The Balaban J connectivity index is 3.29. The molecule has 0 bridgehead atoms. The Bertz CT molecular complexity index is 1560. The predicted molar refractivity (Wildman–Crippen MR) is 202 cm³/mol. The Hall–Kier alpha value is -4.02. The van der Waals surface area contributed by atoms with Crippen molar-refractivity contribution in [3.05, 3.63) is 80.5 Å². The molecule has 0 saturated heterocycles. The van der Waals surface area contributed by atoms with Crippen LogP contribution in [-0.2, 0) is 0 Å². The van der Waals surface area contributed by atoms with Crippen LogP contribution in [0.1, 0.15) is 120 Å². The highest BCUT2D eigenvalue weighted by molar-refractivity contribution is 5.44. The number of hydrogen-bond donors (Lipinski definition) is 0. The van der Waals surface area contributed by atoms with E-state index in [9.17, 15) is 0 Å². The highest BCUT2D eigenvalue weighted by Gasteiger charge is 2.58. The zero-order valence-corrected chi connectivity index (χ0v) is 30.2. The van der Waals surface area contributed by atoms with Gasteiger partial charge in [-0.1, -0.05) is 103 Å². The summed E-state index contributed by atoms with van der Waals surface area (Å²) in [4.78, 5) is 0. The summed E-state index contributed by atoms with van der Waals surface area (Å²) in [6.45, 7) is 19.9. The van der Waals surface area contributed by atoms with Crippen LogP contribution in [0, 0.1) is 83.9 Å². The van der Waals surface area contributed by atoms with E-state index in [0.29, 0.717) is 0 Å². The van der Waals surface area contributed by atoms with Crippen molar-refractivity contribution in [2.45, 2.75) is 120 Å². The predicted octanol–water partition coefficient (Wildman–Crippen LogP) is 11.7. The maximum atomic E-state index is 5.97. The monoisotopic (exact) mass is 608 g/mol. The van der Waals surface area contributed by atoms with Crippen LogP contribution in [0.25, 0.3) is 0 Å². The van der Waals surface area contributed by atoms with Crippen LogP contribution in [0.5, 0.6) is 0 Å². The third kappa shape index (κ3) is 8.61. The van der Waals surface area contributed by atoms with E-state index >= 15 is 0 Å². The summed E-state index contributed by atoms with van der Waals surface area (Å²) in [7, 11) is 0. The number of allylic oxidation sites excluding steroid dienone is 14. The lowest BCUT2D eigenvalue weighted by atomic mass is 9.43. The SMILES string of the molecule is C#CC(C)=CCC1=C(CC=C(C)C#C)C(C)(CC=C(C)C#C)C(CC=C(C)C#C)(CC=C(C)C#C)C(C2=C(C)CCCC2(C)C)C1. The van der Waals surface area contributed by atoms with E-state index in [0.717, 1.165) is 72.8 Å². The summed E-state index contributed by atoms with van der Waals surface area (Å²) in [5, 5.41) is 0. The van der Waals surface area contributed by atoms with Crippen molar-refractivity contribution < 1.29 is 0 Å². The first-order valence-electron chi connectivity index (χ1n) is 16.7. The first-order chi connectivity index (χ1) is 21.7. The smallest absolute Gasteiger partial charge is 0.000744 e. The normalized spacial score (nSPS) is 26.1. The first-order valence-corrected chi connectivity index (χ1v) is 16.7. The second-order valence-electron chi connectivity index (χ2n) is 14.4. The fraction of sp³-hybridized carbons (Fsp3) is 0.478. The number of hydrogen-bond acceptors (Lipinski definition) is 0. The van der Waals surface area contributed by atoms with E-state index in [1.54, 1.807) is 5.57 Å². The maximum Gasteiger partial charge on any atom is -0.000744 e. The van der Waals surface area contributed by atoms with Crippen LogP contribution in [0.3, 0.4) is 0 Å². The Morgan fingerprint density at radius 3 is 1.57 bits per heavy atom. The highest BCUT2D eigenvalue weighted by atomic mass is 14.6. The van der Waals surface area contributed by atoms with Gasteiger partial charge >= 0.3 is 0 Å². The van der Waals surface area contributed by atoms with E-state index in [4.69, 9.17) is 32.1 Å². The number of terminal acetylenes is 5. The van der Waals surface area contributed by atoms with E-state index in [2.05, 4.69) is 87.7 Å². The van der Waals surface area contributed by atoms with Crippen molar-refractivity contribution in [1.82, 2.24) is 0 Å². The van der Waals surface area contributed by atoms with Gasteiger partial charge in [0, 0.05) is 0 Å². The Morgan fingerprint density at radius 2 is 1.11 bits per heavy atom. The highest BCUT2D eigenvalue weighted by Crippen LogP contribution is 2.67. The molecule has 2 aliphatic carbocycles. The molecule has 0 aliphatic heterocycles. The molecule has 2 aliphatic rings. The van der Waals surface area contributed by atoms with Crippen LogP contribution in [-0.4, -0.2) is 0 Å². The molecule has 0 nitrogen and oxygen atoms in total. The zero-order chi connectivity index (χ0) is 34.7. The molecule has 46 heavy (non-hydrogen) atoms. The number of rotatable bonds is 11. The fourth-order valence-electron chi connectivity index (χ4n) is 8.00. The minimum atomic E-state index is -0.315. The lowest BCUT2D eigenvalue weighted by molar-refractivity contribution is 0.0103. The van der Waals surface area contributed by atoms with Gasteiger partial charge in [0.25, 0.3) is 0 Å². The molecule has 0 heteroatoms. The van der Waals surface area contributed by atoms with Crippen LogP contribution in [0.15, 0.2) is 80.5 Å². The van der Waals surface area contributed by atoms with Crippen LogP contribution in [0.4, 0.5) is 0 Å². The van der Waals surface area contributed by atoms with Gasteiger partial charge in [-0.25, -0.2) is 0 Å². The lowest BCUT2D eigenvalue weighted by Crippen LogP contribution is -2.52. The van der Waals surface area contributed by atoms with Gasteiger partial charge in [0.1, 0.15) is 0 Å². The summed E-state index contributed by atoms with van der Waals surface area (Å²) in [6, 6.07) is 0. The average Bonchev–Trinajstić information content (AvgIpc) is 3.03. The Labute approximate surface area is 283 Å². The molecule has 0 aromatic heterocycles. The van der Waals surface area contributed by atoms with E-state index < -0.39 is 0 Å². The van der Waals surface area contributed by atoms with Crippen molar-refractivity contribution in [3.8, 4) is 61.7 Å². The average molecular weight is 609 g/mol. The second-order valence-corrected chi connectivity index (χ2v) is 14.4. The summed E-state index contributed by atoms with van der Waals surface area (Å²) in [5.41, 5.74) is 10.2. The maximum absolute atomic E-state index is 5.97. The van der Waals surface area contributed by atoms with Crippen LogP contribution < -0.4 is 0 Å². The van der Waals surface area contributed by atoms with Crippen LogP contribution in [0.2, 0.25) is 0 Å². The third-order valence-electron chi connectivity index (χ3n) is 11.0. The molecule has 0 fully saturated rings. The Kier molecular flexibility index (Phi) is 13.7. The lowest BCUT2D eigenvalue weighted by Gasteiger charge is -2.61. The molecule has 240 valence electrons. The summed E-state index contributed by atoms with van der Waals surface area (Å²) in [6.07, 6.45) is 49.4. The van der Waals surface area contributed by atoms with Crippen molar-refractivity contribution >= 4 is 0 Å². The van der Waals surface area contributed by atoms with Gasteiger partial charge in [0.05, 0.1) is 0 Å². The molecule has 2 rings (SSSR count). The summed E-state index contributed by atoms with van der Waals surface area (Å²) in [5.74, 6) is 14.6. The second kappa shape index (κ2) is 16.5. The third-order valence-corrected chi connectivity index (χ3v) is 11.0. The summed E-state index contributed by atoms with van der Waals surface area (Å²) >= 11 is 0. The molecule has 0 aromatic carbocycles. The van der Waals surface area contributed by atoms with Gasteiger partial charge in [0.2, 0.25) is 0 Å². The molecular weight excluding hydrogens is 553 g/mol. The van der Waals surface area contributed by atoms with Crippen molar-refractivity contribution in [3.63, 3.8) is 0 Å². The quantitative estimate of drug-likeness (QED) is 0.162. The van der Waals surface area contributed by atoms with E-state index in [1.165, 1.54) is 29.6 Å².